The van der Waals surface area contributed by atoms with Crippen LogP contribution in [0.3, 0.4) is 0 Å². The van der Waals surface area contributed by atoms with Crippen LogP contribution in [-0.2, 0) is 16.1 Å². The maximum Gasteiger partial charge on any atom is 0.302 e. The molecule has 2 N–H and O–H groups in total. The second-order valence-electron chi connectivity index (χ2n) is 7.61. The summed E-state index contributed by atoms with van der Waals surface area (Å²) in [5.41, 5.74) is 2.16. The Morgan fingerprint density at radius 1 is 0.833 bits per heavy atom. The summed E-state index contributed by atoms with van der Waals surface area (Å²) < 4.78 is 4.99. The van der Waals surface area contributed by atoms with E-state index in [0.717, 1.165) is 17.8 Å². The number of aliphatic hydroxyl groups is 1. The van der Waals surface area contributed by atoms with E-state index in [1.807, 2.05) is 12.1 Å². The molecular weight excluding hydrogens is 442 g/mol. The fraction of sp³-hybridized carbons (Fsp3) is 0.720. The molecule has 1 aromatic carbocycles. The SMILES string of the molecule is Br.CCCCCCCCCCCCCCNc1ccc(COC(C)=O)cc1.CCO. The van der Waals surface area contributed by atoms with Gasteiger partial charge in [0.25, 0.3) is 0 Å². The number of unbranched alkanes of at least 4 members (excludes halogenated alkanes) is 11. The zero-order chi connectivity index (χ0) is 21.6. The van der Waals surface area contributed by atoms with Gasteiger partial charge in [-0.15, -0.1) is 17.0 Å². The maximum atomic E-state index is 10.8. The third kappa shape index (κ3) is 21.6. The van der Waals surface area contributed by atoms with Crippen LogP contribution in [0.15, 0.2) is 24.3 Å². The number of benzene rings is 1. The van der Waals surface area contributed by atoms with Gasteiger partial charge in [-0.1, -0.05) is 89.7 Å². The lowest BCUT2D eigenvalue weighted by Crippen LogP contribution is -2.02. The highest BCUT2D eigenvalue weighted by Crippen LogP contribution is 2.13. The summed E-state index contributed by atoms with van der Waals surface area (Å²) in [4.78, 5) is 10.8. The molecule has 0 aliphatic heterocycles. The van der Waals surface area contributed by atoms with Crippen molar-refractivity contribution in [3.05, 3.63) is 29.8 Å². The van der Waals surface area contributed by atoms with E-state index in [-0.39, 0.29) is 29.6 Å². The number of hydrogen-bond donors (Lipinski definition) is 2. The lowest BCUT2D eigenvalue weighted by Gasteiger charge is -2.08. The molecule has 0 saturated heterocycles. The van der Waals surface area contributed by atoms with Gasteiger partial charge in [0.1, 0.15) is 6.61 Å². The van der Waals surface area contributed by atoms with Crippen LogP contribution in [0.2, 0.25) is 0 Å². The molecule has 176 valence electrons. The molecule has 0 spiro atoms. The van der Waals surface area contributed by atoms with E-state index in [1.165, 1.54) is 84.0 Å². The summed E-state index contributed by atoms with van der Waals surface area (Å²) in [5.74, 6) is -0.237. The predicted octanol–water partition coefficient (Wildman–Crippen LogP) is 7.44. The van der Waals surface area contributed by atoms with Crippen LogP contribution in [0.5, 0.6) is 0 Å². The fourth-order valence-electron chi connectivity index (χ4n) is 3.10. The van der Waals surface area contributed by atoms with Crippen molar-refractivity contribution in [3.63, 3.8) is 0 Å². The minimum Gasteiger partial charge on any atom is -0.461 e. The van der Waals surface area contributed by atoms with E-state index in [0.29, 0.717) is 6.61 Å². The van der Waals surface area contributed by atoms with Crippen molar-refractivity contribution < 1.29 is 14.6 Å². The highest BCUT2D eigenvalue weighted by atomic mass is 79.9. The standard InChI is InChI=1S/C23H39NO2.C2H6O.BrH/c1-3-4-5-6-7-8-9-10-11-12-13-14-19-24-23-17-15-22(16-18-23)20-26-21(2)25;1-2-3;/h15-18,24H,3-14,19-20H2,1-2H3;3H,2H2,1H3;1H. The van der Waals surface area contributed by atoms with Crippen LogP contribution < -0.4 is 5.32 Å². The Balaban J connectivity index is 0. The lowest BCUT2D eigenvalue weighted by atomic mass is 10.1. The Morgan fingerprint density at radius 3 is 1.70 bits per heavy atom. The van der Waals surface area contributed by atoms with Crippen molar-refractivity contribution in [2.45, 2.75) is 104 Å². The molecule has 4 nitrogen and oxygen atoms in total. The monoisotopic (exact) mass is 487 g/mol. The highest BCUT2D eigenvalue weighted by molar-refractivity contribution is 8.93. The van der Waals surface area contributed by atoms with Crippen LogP contribution in [0.1, 0.15) is 103 Å². The van der Waals surface area contributed by atoms with Crippen molar-refractivity contribution in [2.75, 3.05) is 18.5 Å². The number of carbonyl (C=O) groups excluding carboxylic acids is 1. The molecule has 1 rings (SSSR count). The number of carbonyl (C=O) groups is 1. The average Bonchev–Trinajstić information content (AvgIpc) is 2.71. The van der Waals surface area contributed by atoms with E-state index < -0.39 is 0 Å². The molecule has 0 aliphatic rings. The molecule has 0 aliphatic carbocycles. The molecule has 0 heterocycles. The first-order valence-electron chi connectivity index (χ1n) is 11.7. The summed E-state index contributed by atoms with van der Waals surface area (Å²) in [5, 5.41) is 11.0. The number of aliphatic hydroxyl groups excluding tert-OH is 1. The van der Waals surface area contributed by atoms with Crippen molar-refractivity contribution in [3.8, 4) is 0 Å². The Labute approximate surface area is 196 Å². The third-order valence-corrected chi connectivity index (χ3v) is 4.76. The highest BCUT2D eigenvalue weighted by Gasteiger charge is 1.98. The minimum atomic E-state index is -0.237. The van der Waals surface area contributed by atoms with Gasteiger partial charge in [0.2, 0.25) is 0 Å². The molecule has 0 saturated carbocycles. The summed E-state index contributed by atoms with van der Waals surface area (Å²) >= 11 is 0. The quantitative estimate of drug-likeness (QED) is 0.188. The Kier molecular flexibility index (Phi) is 25.1. The molecule has 30 heavy (non-hydrogen) atoms. The van der Waals surface area contributed by atoms with Gasteiger partial charge >= 0.3 is 5.97 Å². The van der Waals surface area contributed by atoms with Gasteiger partial charge in [-0.2, -0.15) is 0 Å². The first-order valence-corrected chi connectivity index (χ1v) is 11.7. The number of ether oxygens (including phenoxy) is 1. The first kappa shape index (κ1) is 31.1. The van der Waals surface area contributed by atoms with Gasteiger partial charge in [0, 0.05) is 25.8 Å². The third-order valence-electron chi connectivity index (χ3n) is 4.76. The zero-order valence-electron chi connectivity index (χ0n) is 19.6. The number of halogens is 1. The molecule has 0 fully saturated rings. The van der Waals surface area contributed by atoms with Crippen LogP contribution in [-0.4, -0.2) is 24.2 Å². The Bertz CT molecular complexity index is 480. The summed E-state index contributed by atoms with van der Waals surface area (Å²) in [6, 6.07) is 8.12. The Morgan fingerprint density at radius 2 is 1.27 bits per heavy atom. The number of anilines is 1. The van der Waals surface area contributed by atoms with Crippen molar-refractivity contribution in [2.24, 2.45) is 0 Å². The van der Waals surface area contributed by atoms with Crippen molar-refractivity contribution in [1.82, 2.24) is 0 Å². The van der Waals surface area contributed by atoms with E-state index in [2.05, 4.69) is 24.4 Å². The topological polar surface area (TPSA) is 58.6 Å². The minimum absolute atomic E-state index is 0. The molecule has 1 aromatic rings. The molecular formula is C25H46BrNO3. The molecule has 0 radical (unpaired) electrons. The molecule has 0 amide bonds. The predicted molar refractivity (Wildman–Crippen MR) is 135 cm³/mol. The van der Waals surface area contributed by atoms with Gasteiger partial charge < -0.3 is 15.2 Å². The average molecular weight is 489 g/mol. The van der Waals surface area contributed by atoms with E-state index in [9.17, 15) is 4.79 Å². The van der Waals surface area contributed by atoms with Crippen molar-refractivity contribution >= 4 is 28.6 Å². The van der Waals surface area contributed by atoms with Crippen LogP contribution in [0, 0.1) is 0 Å². The summed E-state index contributed by atoms with van der Waals surface area (Å²) in [6.45, 7) is 7.03. The lowest BCUT2D eigenvalue weighted by molar-refractivity contribution is -0.142. The van der Waals surface area contributed by atoms with Crippen molar-refractivity contribution in [1.29, 1.82) is 0 Å². The molecule has 5 heteroatoms. The van der Waals surface area contributed by atoms with E-state index in [1.54, 1.807) is 6.92 Å². The van der Waals surface area contributed by atoms with Gasteiger partial charge in [0.05, 0.1) is 0 Å². The largest absolute Gasteiger partial charge is 0.461 e. The maximum absolute atomic E-state index is 10.8. The zero-order valence-corrected chi connectivity index (χ0v) is 21.3. The van der Waals surface area contributed by atoms with Crippen LogP contribution in [0.4, 0.5) is 5.69 Å². The van der Waals surface area contributed by atoms with Gasteiger partial charge in [-0.05, 0) is 31.0 Å². The number of nitrogens with one attached hydrogen (secondary N) is 1. The molecule has 0 aromatic heterocycles. The first-order chi connectivity index (χ1) is 14.1. The number of hydrogen-bond acceptors (Lipinski definition) is 4. The smallest absolute Gasteiger partial charge is 0.302 e. The second-order valence-corrected chi connectivity index (χ2v) is 7.61. The second kappa shape index (κ2) is 24.2. The van der Waals surface area contributed by atoms with Gasteiger partial charge in [-0.3, -0.25) is 4.79 Å². The number of esters is 1. The molecule has 0 bridgehead atoms. The van der Waals surface area contributed by atoms with Crippen LogP contribution in [0.25, 0.3) is 0 Å². The Hall–Kier alpha value is -1.07. The van der Waals surface area contributed by atoms with Gasteiger partial charge in [0.15, 0.2) is 0 Å². The molecule has 0 unspecified atom stereocenters. The van der Waals surface area contributed by atoms with Gasteiger partial charge in [-0.25, -0.2) is 0 Å². The summed E-state index contributed by atoms with van der Waals surface area (Å²) in [6.07, 6.45) is 16.6. The fourth-order valence-corrected chi connectivity index (χ4v) is 3.10. The van der Waals surface area contributed by atoms with Crippen LogP contribution >= 0.6 is 17.0 Å². The molecule has 0 atom stereocenters. The summed E-state index contributed by atoms with van der Waals surface area (Å²) in [7, 11) is 0. The normalized spacial score (nSPS) is 9.87. The number of rotatable bonds is 16. The van der Waals surface area contributed by atoms with E-state index in [4.69, 9.17) is 9.84 Å². The van der Waals surface area contributed by atoms with E-state index >= 15 is 0 Å².